The second-order valence-corrected chi connectivity index (χ2v) is 4.86. The summed E-state index contributed by atoms with van der Waals surface area (Å²) in [6, 6.07) is 0.396. The van der Waals surface area contributed by atoms with Crippen molar-refractivity contribution in [3.8, 4) is 0 Å². The van der Waals surface area contributed by atoms with Gasteiger partial charge in [0.1, 0.15) is 0 Å². The fourth-order valence-corrected chi connectivity index (χ4v) is 2.47. The third-order valence-electron chi connectivity index (χ3n) is 1.70. The Kier molecular flexibility index (Phi) is 1.55. The molecule has 1 aromatic heterocycles. The highest BCUT2D eigenvalue weighted by Crippen LogP contribution is 2.42. The number of rotatable bonds is 1. The van der Waals surface area contributed by atoms with E-state index in [9.17, 15) is 0 Å². The Balaban J connectivity index is 2.20. The van der Waals surface area contributed by atoms with Gasteiger partial charge in [0.15, 0.2) is 3.92 Å². The summed E-state index contributed by atoms with van der Waals surface area (Å²) in [5.74, 6) is 0.601. The molecule has 0 radical (unpaired) electrons. The second kappa shape index (κ2) is 2.29. The van der Waals surface area contributed by atoms with E-state index in [1.165, 1.54) is 4.88 Å². The van der Waals surface area contributed by atoms with Crippen molar-refractivity contribution in [3.05, 3.63) is 15.0 Å². The van der Waals surface area contributed by atoms with E-state index >= 15 is 0 Å². The van der Waals surface area contributed by atoms with Gasteiger partial charge in [0.05, 0.1) is 0 Å². The molecule has 1 aliphatic rings. The van der Waals surface area contributed by atoms with Crippen LogP contribution in [0, 0.1) is 0 Å². The molecule has 0 aliphatic heterocycles. The van der Waals surface area contributed by atoms with Crippen LogP contribution in [0.5, 0.6) is 0 Å². The largest absolute Gasteiger partial charge is 0.327 e. The van der Waals surface area contributed by atoms with Gasteiger partial charge in [-0.2, -0.15) is 0 Å². The fourth-order valence-electron chi connectivity index (χ4n) is 0.978. The van der Waals surface area contributed by atoms with E-state index in [2.05, 4.69) is 20.9 Å². The van der Waals surface area contributed by atoms with Gasteiger partial charge >= 0.3 is 0 Å². The Morgan fingerprint density at radius 3 is 2.90 bits per heavy atom. The molecule has 0 unspecified atom stereocenters. The molecule has 54 valence electrons. The second-order valence-electron chi connectivity index (χ2n) is 2.52. The van der Waals surface area contributed by atoms with Gasteiger partial charge in [0.25, 0.3) is 0 Å². The molecule has 0 bridgehead atoms. The average Bonchev–Trinajstić information content (AvgIpc) is 2.42. The van der Waals surface area contributed by atoms with Crippen molar-refractivity contribution in [3.63, 3.8) is 0 Å². The van der Waals surface area contributed by atoms with Gasteiger partial charge in [-0.1, -0.05) is 0 Å². The Morgan fingerprint density at radius 2 is 2.50 bits per heavy atom. The number of halogens is 1. The lowest BCUT2D eigenvalue weighted by Gasteiger charge is -1.85. The first-order chi connectivity index (χ1) is 4.77. The van der Waals surface area contributed by atoms with Crippen LogP contribution < -0.4 is 5.73 Å². The van der Waals surface area contributed by atoms with Crippen LogP contribution in [-0.4, -0.2) is 11.0 Å². The molecule has 1 aromatic rings. The zero-order valence-corrected chi connectivity index (χ0v) is 7.65. The monoisotopic (exact) mass is 218 g/mol. The smallest absolute Gasteiger partial charge is 0.159 e. The zero-order chi connectivity index (χ0) is 7.14. The van der Waals surface area contributed by atoms with Crippen LogP contribution in [0.3, 0.4) is 0 Å². The quantitative estimate of drug-likeness (QED) is 0.780. The Morgan fingerprint density at radius 1 is 1.80 bits per heavy atom. The molecule has 2 N–H and O–H groups in total. The van der Waals surface area contributed by atoms with E-state index in [-0.39, 0.29) is 0 Å². The Bertz CT molecular complexity index is 248. The molecule has 1 saturated carbocycles. The first-order valence-electron chi connectivity index (χ1n) is 3.14. The summed E-state index contributed by atoms with van der Waals surface area (Å²) in [4.78, 5) is 5.41. The molecule has 2 rings (SSSR count). The fraction of sp³-hybridized carbons (Fsp3) is 0.500. The summed E-state index contributed by atoms with van der Waals surface area (Å²) in [6.07, 6.45) is 3.04. The predicted molar refractivity (Wildman–Crippen MR) is 45.1 cm³/mol. The van der Waals surface area contributed by atoms with Crippen LogP contribution in [-0.2, 0) is 0 Å². The Hall–Kier alpha value is 0.0700. The first kappa shape index (κ1) is 6.76. The van der Waals surface area contributed by atoms with Gasteiger partial charge in [-0.05, 0) is 22.4 Å². The zero-order valence-electron chi connectivity index (χ0n) is 5.25. The predicted octanol–water partition coefficient (Wildman–Crippen LogP) is 1.72. The van der Waals surface area contributed by atoms with Gasteiger partial charge in [0.2, 0.25) is 0 Å². The third-order valence-corrected chi connectivity index (χ3v) is 3.31. The average molecular weight is 219 g/mol. The summed E-state index contributed by atoms with van der Waals surface area (Å²) < 4.78 is 0.960. The minimum absolute atomic E-state index is 0.396. The Labute approximate surface area is 71.6 Å². The van der Waals surface area contributed by atoms with Gasteiger partial charge in [0, 0.05) is 23.0 Å². The van der Waals surface area contributed by atoms with Crippen molar-refractivity contribution >= 4 is 27.3 Å². The number of hydrogen-bond acceptors (Lipinski definition) is 3. The lowest BCUT2D eigenvalue weighted by atomic mass is 10.4. The van der Waals surface area contributed by atoms with Crippen molar-refractivity contribution < 1.29 is 0 Å². The number of aromatic nitrogens is 1. The molecule has 0 saturated heterocycles. The SMILES string of the molecule is N[C@H]1C[C@@H]1c1cnc(Br)s1. The standard InChI is InChI=1S/C6H7BrN2S/c7-6-9-2-5(10-6)3-1-4(3)8/h2-4H,1,8H2/t3-,4-/m0/s1. The van der Waals surface area contributed by atoms with Crippen LogP contribution in [0.4, 0.5) is 0 Å². The van der Waals surface area contributed by atoms with Crippen molar-refractivity contribution in [2.75, 3.05) is 0 Å². The molecule has 10 heavy (non-hydrogen) atoms. The maximum atomic E-state index is 5.67. The van der Waals surface area contributed by atoms with Crippen molar-refractivity contribution in [2.45, 2.75) is 18.4 Å². The normalized spacial score (nSPS) is 30.6. The third kappa shape index (κ3) is 1.11. The molecule has 1 aliphatic carbocycles. The van der Waals surface area contributed by atoms with E-state index in [0.717, 1.165) is 10.3 Å². The number of hydrogen-bond donors (Lipinski definition) is 1. The minimum atomic E-state index is 0.396. The lowest BCUT2D eigenvalue weighted by molar-refractivity contribution is 1.00. The molecule has 0 spiro atoms. The summed E-state index contributed by atoms with van der Waals surface area (Å²) in [7, 11) is 0. The van der Waals surface area contributed by atoms with Crippen LogP contribution in [0.1, 0.15) is 17.2 Å². The van der Waals surface area contributed by atoms with Crippen LogP contribution in [0.2, 0.25) is 0 Å². The molecule has 0 aromatic carbocycles. The van der Waals surface area contributed by atoms with Crippen molar-refractivity contribution in [1.29, 1.82) is 0 Å². The van der Waals surface area contributed by atoms with E-state index in [1.807, 2.05) is 6.20 Å². The van der Waals surface area contributed by atoms with Gasteiger partial charge < -0.3 is 5.73 Å². The van der Waals surface area contributed by atoms with E-state index in [4.69, 9.17) is 5.73 Å². The van der Waals surface area contributed by atoms with Gasteiger partial charge in [-0.25, -0.2) is 4.98 Å². The molecule has 0 amide bonds. The molecule has 1 heterocycles. The summed E-state index contributed by atoms with van der Waals surface area (Å²) in [5, 5.41) is 0. The summed E-state index contributed by atoms with van der Waals surface area (Å²) in [5.41, 5.74) is 5.67. The maximum Gasteiger partial charge on any atom is 0.159 e. The molecular weight excluding hydrogens is 212 g/mol. The number of nitrogens with two attached hydrogens (primary N) is 1. The number of nitrogens with zero attached hydrogens (tertiary/aromatic N) is 1. The van der Waals surface area contributed by atoms with Crippen LogP contribution >= 0.6 is 27.3 Å². The topological polar surface area (TPSA) is 38.9 Å². The van der Waals surface area contributed by atoms with E-state index in [0.29, 0.717) is 12.0 Å². The van der Waals surface area contributed by atoms with Gasteiger partial charge in [-0.3, -0.25) is 0 Å². The molecule has 2 atom stereocenters. The lowest BCUT2D eigenvalue weighted by Crippen LogP contribution is -1.99. The molecule has 4 heteroatoms. The highest BCUT2D eigenvalue weighted by Gasteiger charge is 2.36. The molecule has 1 fully saturated rings. The van der Waals surface area contributed by atoms with Gasteiger partial charge in [-0.15, -0.1) is 11.3 Å². The highest BCUT2D eigenvalue weighted by atomic mass is 79.9. The van der Waals surface area contributed by atoms with Crippen molar-refractivity contribution in [2.24, 2.45) is 5.73 Å². The van der Waals surface area contributed by atoms with Crippen molar-refractivity contribution in [1.82, 2.24) is 4.98 Å². The summed E-state index contributed by atoms with van der Waals surface area (Å²) >= 11 is 5.00. The van der Waals surface area contributed by atoms with E-state index in [1.54, 1.807) is 11.3 Å². The minimum Gasteiger partial charge on any atom is -0.327 e. The molecular formula is C6H7BrN2S. The molecule has 2 nitrogen and oxygen atoms in total. The maximum absolute atomic E-state index is 5.67. The van der Waals surface area contributed by atoms with E-state index < -0.39 is 0 Å². The summed E-state index contributed by atoms with van der Waals surface area (Å²) in [6.45, 7) is 0. The number of thiazole rings is 1. The highest BCUT2D eigenvalue weighted by molar-refractivity contribution is 9.11. The van der Waals surface area contributed by atoms with Crippen LogP contribution in [0.15, 0.2) is 10.1 Å². The first-order valence-corrected chi connectivity index (χ1v) is 4.75. The van der Waals surface area contributed by atoms with Crippen LogP contribution in [0.25, 0.3) is 0 Å².